The van der Waals surface area contributed by atoms with E-state index in [0.717, 1.165) is 0 Å². The number of halogens is 1. The van der Waals surface area contributed by atoms with Gasteiger partial charge in [0.25, 0.3) is 5.56 Å². The third-order valence-electron chi connectivity index (χ3n) is 1.99. The van der Waals surface area contributed by atoms with Crippen molar-refractivity contribution >= 4 is 17.7 Å². The zero-order valence-corrected chi connectivity index (χ0v) is 8.40. The molecule has 0 radical (unpaired) electrons. The third kappa shape index (κ3) is 2.27. The molecule has 1 atom stereocenters. The SMILES string of the molecule is O=C1NCC(Cn2cnc(Cl)cc2=O)O1. The molecule has 1 saturated heterocycles. The van der Waals surface area contributed by atoms with Crippen molar-refractivity contribution in [2.75, 3.05) is 6.54 Å². The lowest BCUT2D eigenvalue weighted by atomic mass is 10.3. The smallest absolute Gasteiger partial charge is 0.407 e. The fraction of sp³-hybridized carbons (Fsp3) is 0.375. The fourth-order valence-corrected chi connectivity index (χ4v) is 1.43. The highest BCUT2D eigenvalue weighted by Crippen LogP contribution is 2.03. The second kappa shape index (κ2) is 3.90. The highest BCUT2D eigenvalue weighted by atomic mass is 35.5. The average molecular weight is 230 g/mol. The third-order valence-corrected chi connectivity index (χ3v) is 2.20. The van der Waals surface area contributed by atoms with Crippen LogP contribution in [0, 0.1) is 0 Å². The predicted octanol–water partition coefficient (Wildman–Crippen LogP) is 0.00510. The molecule has 1 aliphatic heterocycles. The van der Waals surface area contributed by atoms with Crippen molar-refractivity contribution in [3.05, 3.63) is 27.9 Å². The van der Waals surface area contributed by atoms with Crippen LogP contribution in [0.5, 0.6) is 0 Å². The Morgan fingerprint density at radius 3 is 3.07 bits per heavy atom. The van der Waals surface area contributed by atoms with E-state index in [9.17, 15) is 9.59 Å². The molecule has 0 spiro atoms. The molecule has 0 aromatic carbocycles. The van der Waals surface area contributed by atoms with Crippen LogP contribution < -0.4 is 10.9 Å². The molecule has 1 aromatic heterocycles. The van der Waals surface area contributed by atoms with Gasteiger partial charge in [-0.2, -0.15) is 0 Å². The van der Waals surface area contributed by atoms with Gasteiger partial charge < -0.3 is 10.1 Å². The molecule has 1 aromatic rings. The Balaban J connectivity index is 2.11. The van der Waals surface area contributed by atoms with Crippen LogP contribution in [-0.2, 0) is 11.3 Å². The van der Waals surface area contributed by atoms with Gasteiger partial charge in [-0.3, -0.25) is 9.36 Å². The monoisotopic (exact) mass is 229 g/mol. The molecule has 15 heavy (non-hydrogen) atoms. The average Bonchev–Trinajstić information content (AvgIpc) is 2.56. The van der Waals surface area contributed by atoms with Crippen molar-refractivity contribution in [3.63, 3.8) is 0 Å². The predicted molar refractivity (Wildman–Crippen MR) is 51.8 cm³/mol. The highest BCUT2D eigenvalue weighted by Gasteiger charge is 2.22. The molecule has 1 N–H and O–H groups in total. The number of alkyl carbamates (subject to hydrolysis) is 1. The second-order valence-electron chi connectivity index (χ2n) is 3.11. The number of amides is 1. The molecule has 1 unspecified atom stereocenters. The first kappa shape index (κ1) is 9.97. The summed E-state index contributed by atoms with van der Waals surface area (Å²) in [6.07, 6.45) is 0.532. The first-order chi connectivity index (χ1) is 7.15. The maximum absolute atomic E-state index is 11.4. The summed E-state index contributed by atoms with van der Waals surface area (Å²) in [5.41, 5.74) is -0.266. The lowest BCUT2D eigenvalue weighted by Gasteiger charge is -2.09. The minimum atomic E-state index is -0.463. The zero-order valence-electron chi connectivity index (χ0n) is 7.64. The van der Waals surface area contributed by atoms with E-state index in [1.54, 1.807) is 0 Å². The number of carbonyl (C=O) groups excluding carboxylic acids is 1. The van der Waals surface area contributed by atoms with E-state index in [4.69, 9.17) is 16.3 Å². The summed E-state index contributed by atoms with van der Waals surface area (Å²) in [5, 5.41) is 2.65. The van der Waals surface area contributed by atoms with Crippen molar-refractivity contribution in [2.45, 2.75) is 12.6 Å². The van der Waals surface area contributed by atoms with Gasteiger partial charge in [-0.1, -0.05) is 11.6 Å². The molecule has 0 saturated carbocycles. The number of rotatable bonds is 2. The zero-order chi connectivity index (χ0) is 10.8. The normalized spacial score (nSPS) is 19.8. The first-order valence-corrected chi connectivity index (χ1v) is 4.69. The largest absolute Gasteiger partial charge is 0.442 e. The fourth-order valence-electron chi connectivity index (χ4n) is 1.29. The Bertz CT molecular complexity index is 445. The molecule has 1 fully saturated rings. The van der Waals surface area contributed by atoms with E-state index < -0.39 is 6.09 Å². The molecule has 80 valence electrons. The van der Waals surface area contributed by atoms with Crippen molar-refractivity contribution in [1.82, 2.24) is 14.9 Å². The maximum Gasteiger partial charge on any atom is 0.407 e. The molecule has 1 amide bonds. The van der Waals surface area contributed by atoms with Gasteiger partial charge in [0.15, 0.2) is 0 Å². The minimum absolute atomic E-state index is 0.151. The summed E-state index contributed by atoms with van der Waals surface area (Å²) in [7, 11) is 0. The number of nitrogens with zero attached hydrogens (tertiary/aromatic N) is 2. The van der Waals surface area contributed by atoms with Crippen LogP contribution in [0.2, 0.25) is 5.15 Å². The van der Waals surface area contributed by atoms with Crippen molar-refractivity contribution in [2.24, 2.45) is 0 Å². The molecular weight excluding hydrogens is 222 g/mol. The Labute approximate surface area is 89.8 Å². The standard InChI is InChI=1S/C8H8ClN3O3/c9-6-1-7(13)12(4-11-6)3-5-2-10-8(14)15-5/h1,4-5H,2-3H2,(H,10,14). The van der Waals surface area contributed by atoms with Gasteiger partial charge in [-0.25, -0.2) is 9.78 Å². The van der Waals surface area contributed by atoms with E-state index in [1.807, 2.05) is 0 Å². The summed E-state index contributed by atoms with van der Waals surface area (Å²) < 4.78 is 6.22. The Kier molecular flexibility index (Phi) is 2.59. The molecule has 7 heteroatoms. The van der Waals surface area contributed by atoms with Crippen LogP contribution in [0.15, 0.2) is 17.2 Å². The van der Waals surface area contributed by atoms with Gasteiger partial charge in [-0.15, -0.1) is 0 Å². The number of ether oxygens (including phenoxy) is 1. The second-order valence-corrected chi connectivity index (χ2v) is 3.50. The van der Waals surface area contributed by atoms with Crippen LogP contribution in [-0.4, -0.2) is 28.3 Å². The molecule has 1 aliphatic rings. The Morgan fingerprint density at radius 2 is 2.47 bits per heavy atom. The minimum Gasteiger partial charge on any atom is -0.442 e. The molecule has 2 heterocycles. The van der Waals surface area contributed by atoms with Gasteiger partial charge in [0.1, 0.15) is 11.3 Å². The number of aromatic nitrogens is 2. The van der Waals surface area contributed by atoms with E-state index >= 15 is 0 Å². The highest BCUT2D eigenvalue weighted by molar-refractivity contribution is 6.29. The Morgan fingerprint density at radius 1 is 1.67 bits per heavy atom. The molecule has 0 bridgehead atoms. The molecule has 2 rings (SSSR count). The van der Waals surface area contributed by atoms with E-state index in [-0.39, 0.29) is 23.4 Å². The topological polar surface area (TPSA) is 73.2 Å². The number of cyclic esters (lactones) is 1. The van der Waals surface area contributed by atoms with Crippen molar-refractivity contribution in [1.29, 1.82) is 0 Å². The number of nitrogens with one attached hydrogen (secondary N) is 1. The lowest BCUT2D eigenvalue weighted by molar-refractivity contribution is 0.130. The molecule has 6 nitrogen and oxygen atoms in total. The van der Waals surface area contributed by atoms with Crippen LogP contribution in [0.3, 0.4) is 0 Å². The van der Waals surface area contributed by atoms with Gasteiger partial charge in [-0.05, 0) is 0 Å². The van der Waals surface area contributed by atoms with Gasteiger partial charge in [0, 0.05) is 6.07 Å². The number of carbonyl (C=O) groups is 1. The first-order valence-electron chi connectivity index (χ1n) is 4.31. The number of hydrogen-bond donors (Lipinski definition) is 1. The number of hydrogen-bond acceptors (Lipinski definition) is 4. The quantitative estimate of drug-likeness (QED) is 0.725. The summed E-state index contributed by atoms with van der Waals surface area (Å²) >= 11 is 5.53. The van der Waals surface area contributed by atoms with E-state index in [0.29, 0.717) is 6.54 Å². The molecular formula is C8H8ClN3O3. The van der Waals surface area contributed by atoms with Crippen LogP contribution in [0.25, 0.3) is 0 Å². The van der Waals surface area contributed by atoms with Crippen molar-refractivity contribution < 1.29 is 9.53 Å². The summed E-state index contributed by atoms with van der Waals surface area (Å²) in [6, 6.07) is 1.21. The van der Waals surface area contributed by atoms with Crippen molar-refractivity contribution in [3.8, 4) is 0 Å². The van der Waals surface area contributed by atoms with Gasteiger partial charge in [0.05, 0.1) is 19.4 Å². The van der Waals surface area contributed by atoms with Gasteiger partial charge in [0.2, 0.25) is 0 Å². The summed E-state index contributed by atoms with van der Waals surface area (Å²) in [6.45, 7) is 0.676. The van der Waals surface area contributed by atoms with E-state index in [2.05, 4.69) is 10.3 Å². The maximum atomic E-state index is 11.4. The van der Waals surface area contributed by atoms with Crippen LogP contribution >= 0.6 is 11.6 Å². The molecule has 0 aliphatic carbocycles. The van der Waals surface area contributed by atoms with Crippen LogP contribution in [0.4, 0.5) is 4.79 Å². The Hall–Kier alpha value is -1.56. The van der Waals surface area contributed by atoms with Gasteiger partial charge >= 0.3 is 6.09 Å². The summed E-state index contributed by atoms with van der Waals surface area (Å²) in [4.78, 5) is 25.9. The summed E-state index contributed by atoms with van der Waals surface area (Å²) in [5.74, 6) is 0. The van der Waals surface area contributed by atoms with E-state index in [1.165, 1.54) is 17.0 Å². The lowest BCUT2D eigenvalue weighted by Crippen LogP contribution is -2.28. The van der Waals surface area contributed by atoms with Crippen LogP contribution in [0.1, 0.15) is 0 Å².